The maximum absolute atomic E-state index is 10.8. The molecule has 178 valence electrons. The van der Waals surface area contributed by atoms with Crippen LogP contribution in [0.1, 0.15) is 70.1 Å². The molecule has 5 heteroatoms. The number of phenolic OH excluding ortho intramolecular Hbond substituents is 1. The lowest BCUT2D eigenvalue weighted by Gasteiger charge is -2.21. The van der Waals surface area contributed by atoms with Gasteiger partial charge in [-0.25, -0.2) is 0 Å². The van der Waals surface area contributed by atoms with Crippen LogP contribution in [0.25, 0.3) is 0 Å². The molecule has 0 bridgehead atoms. The topological polar surface area (TPSA) is 71.0 Å². The fraction of sp³-hybridized carbons (Fsp3) is 0.379. The fourth-order valence-corrected chi connectivity index (χ4v) is 5.36. The Morgan fingerprint density at radius 2 is 1.59 bits per heavy atom. The molecular formula is C29H35N3OS. The van der Waals surface area contributed by atoms with Gasteiger partial charge in [0.2, 0.25) is 0 Å². The molecule has 0 atom stereocenters. The zero-order valence-corrected chi connectivity index (χ0v) is 21.7. The Bertz CT molecular complexity index is 1210. The van der Waals surface area contributed by atoms with Crippen molar-refractivity contribution in [3.63, 3.8) is 0 Å². The van der Waals surface area contributed by atoms with Crippen molar-refractivity contribution < 1.29 is 5.11 Å². The molecule has 1 saturated carbocycles. The summed E-state index contributed by atoms with van der Waals surface area (Å²) in [5.74, 6) is 0.169. The van der Waals surface area contributed by atoms with Crippen LogP contribution in [0.3, 0.4) is 0 Å². The number of hydrogen-bond acceptors (Lipinski definition) is 5. The molecule has 0 aromatic heterocycles. The number of rotatable bonds is 7. The molecule has 3 aromatic rings. The number of nitrogens with zero attached hydrogens (tertiary/aromatic N) is 2. The summed E-state index contributed by atoms with van der Waals surface area (Å²) >= 11 is 1.69. The van der Waals surface area contributed by atoms with E-state index in [9.17, 15) is 5.11 Å². The third-order valence-corrected chi connectivity index (χ3v) is 7.59. The van der Waals surface area contributed by atoms with Crippen LogP contribution in [0.4, 0.5) is 17.1 Å². The minimum absolute atomic E-state index is 0.169. The Hall–Kier alpha value is -2.79. The first kappa shape index (κ1) is 24.3. The second-order valence-corrected chi connectivity index (χ2v) is 11.7. The van der Waals surface area contributed by atoms with E-state index in [0.29, 0.717) is 22.5 Å². The summed E-state index contributed by atoms with van der Waals surface area (Å²) in [7, 11) is 0. The Morgan fingerprint density at radius 1 is 0.941 bits per heavy atom. The average molecular weight is 474 g/mol. The Morgan fingerprint density at radius 3 is 2.21 bits per heavy atom. The highest BCUT2D eigenvalue weighted by molar-refractivity contribution is 7.99. The monoisotopic (exact) mass is 473 g/mol. The molecule has 3 aromatic carbocycles. The van der Waals surface area contributed by atoms with Gasteiger partial charge in [0.25, 0.3) is 0 Å². The summed E-state index contributed by atoms with van der Waals surface area (Å²) in [6.07, 6.45) is 5.14. The maximum Gasteiger partial charge on any atom is 0.146 e. The molecule has 0 spiro atoms. The van der Waals surface area contributed by atoms with Crippen molar-refractivity contribution in [2.45, 2.75) is 80.9 Å². The van der Waals surface area contributed by atoms with Crippen molar-refractivity contribution in [1.29, 1.82) is 0 Å². The van der Waals surface area contributed by atoms with Gasteiger partial charge in [-0.15, -0.1) is 10.2 Å². The van der Waals surface area contributed by atoms with Gasteiger partial charge in [0, 0.05) is 15.4 Å². The van der Waals surface area contributed by atoms with E-state index < -0.39 is 0 Å². The van der Waals surface area contributed by atoms with Crippen LogP contribution in [-0.4, -0.2) is 5.11 Å². The second-order valence-electron chi connectivity index (χ2n) is 10.5. The van der Waals surface area contributed by atoms with Crippen LogP contribution in [0.2, 0.25) is 0 Å². The van der Waals surface area contributed by atoms with Gasteiger partial charge in [-0.3, -0.25) is 0 Å². The molecule has 0 radical (unpaired) electrons. The molecule has 0 heterocycles. The maximum atomic E-state index is 10.8. The van der Waals surface area contributed by atoms with E-state index in [4.69, 9.17) is 5.73 Å². The van der Waals surface area contributed by atoms with Gasteiger partial charge in [-0.1, -0.05) is 64.1 Å². The van der Waals surface area contributed by atoms with Crippen molar-refractivity contribution in [1.82, 2.24) is 0 Å². The van der Waals surface area contributed by atoms with Gasteiger partial charge >= 0.3 is 0 Å². The Kier molecular flexibility index (Phi) is 6.77. The van der Waals surface area contributed by atoms with Crippen molar-refractivity contribution in [3.8, 4) is 5.75 Å². The van der Waals surface area contributed by atoms with Crippen LogP contribution in [0, 0.1) is 6.92 Å². The predicted octanol–water partition coefficient (Wildman–Crippen LogP) is 8.98. The van der Waals surface area contributed by atoms with Gasteiger partial charge < -0.3 is 10.8 Å². The molecule has 4 rings (SSSR count). The molecule has 1 fully saturated rings. The van der Waals surface area contributed by atoms with Crippen molar-refractivity contribution in [2.75, 3.05) is 5.73 Å². The molecule has 0 aliphatic heterocycles. The summed E-state index contributed by atoms with van der Waals surface area (Å²) in [6, 6.07) is 18.7. The zero-order chi connectivity index (χ0) is 24.5. The van der Waals surface area contributed by atoms with E-state index >= 15 is 0 Å². The lowest BCUT2D eigenvalue weighted by molar-refractivity contribution is 0.447. The van der Waals surface area contributed by atoms with E-state index in [1.54, 1.807) is 11.8 Å². The van der Waals surface area contributed by atoms with Crippen LogP contribution < -0.4 is 5.73 Å². The number of phenols is 1. The van der Waals surface area contributed by atoms with Gasteiger partial charge in [-0.05, 0) is 84.5 Å². The summed E-state index contributed by atoms with van der Waals surface area (Å²) < 4.78 is 0. The van der Waals surface area contributed by atoms with E-state index in [1.165, 1.54) is 36.1 Å². The highest BCUT2D eigenvalue weighted by Crippen LogP contribution is 2.52. The van der Waals surface area contributed by atoms with Crippen LogP contribution in [-0.2, 0) is 10.8 Å². The third-order valence-electron chi connectivity index (χ3n) is 6.59. The normalized spacial score (nSPS) is 15.1. The van der Waals surface area contributed by atoms with Gasteiger partial charge in [0.15, 0.2) is 0 Å². The molecule has 1 aliphatic carbocycles. The molecule has 0 saturated heterocycles. The minimum atomic E-state index is -0.193. The molecule has 0 unspecified atom stereocenters. The largest absolute Gasteiger partial charge is 0.505 e. The zero-order valence-electron chi connectivity index (χ0n) is 20.9. The summed E-state index contributed by atoms with van der Waals surface area (Å²) in [6.45, 7) is 10.5. The standard InChI is InChI=1S/C29H35N3OS/c1-6-13-29(14-15-29)20-7-9-21(10-8-20)34-22-11-12-24(30)25(18-22)31-32-26-17-19(2)16-23(27(26)33)28(3,4)5/h7-12,16-18,33H,6,13-15,30H2,1-5H3. The minimum Gasteiger partial charge on any atom is -0.505 e. The third kappa shape index (κ3) is 5.30. The van der Waals surface area contributed by atoms with Crippen molar-refractivity contribution >= 4 is 28.8 Å². The number of benzene rings is 3. The van der Waals surface area contributed by atoms with Gasteiger partial charge in [-0.2, -0.15) is 0 Å². The van der Waals surface area contributed by atoms with Crippen LogP contribution in [0.15, 0.2) is 74.6 Å². The van der Waals surface area contributed by atoms with E-state index in [1.807, 2.05) is 37.3 Å². The SMILES string of the molecule is CCCC1(c2ccc(Sc3ccc(N)c(N=Nc4cc(C)cc(C(C)(C)C)c4O)c3)cc2)CC1. The van der Waals surface area contributed by atoms with E-state index in [-0.39, 0.29) is 11.2 Å². The first-order valence-corrected chi connectivity index (χ1v) is 12.9. The van der Waals surface area contributed by atoms with Gasteiger partial charge in [0.05, 0.1) is 5.69 Å². The number of hydrogen-bond donors (Lipinski definition) is 2. The van der Waals surface area contributed by atoms with Crippen LogP contribution in [0.5, 0.6) is 5.75 Å². The lowest BCUT2D eigenvalue weighted by Crippen LogP contribution is -2.11. The number of nitrogen functional groups attached to an aromatic ring is 1. The number of aryl methyl sites for hydroxylation is 1. The van der Waals surface area contributed by atoms with E-state index in [0.717, 1.165) is 16.0 Å². The average Bonchev–Trinajstić information content (AvgIpc) is 3.56. The Balaban J connectivity index is 1.54. The molecule has 0 amide bonds. The predicted molar refractivity (Wildman–Crippen MR) is 143 cm³/mol. The van der Waals surface area contributed by atoms with E-state index in [2.05, 4.69) is 62.2 Å². The van der Waals surface area contributed by atoms with Crippen molar-refractivity contribution in [2.24, 2.45) is 10.2 Å². The first-order chi connectivity index (χ1) is 16.1. The first-order valence-electron chi connectivity index (χ1n) is 12.0. The summed E-state index contributed by atoms with van der Waals surface area (Å²) in [5.41, 5.74) is 11.4. The fourth-order valence-electron chi connectivity index (χ4n) is 4.51. The van der Waals surface area contributed by atoms with Gasteiger partial charge in [0.1, 0.15) is 17.1 Å². The van der Waals surface area contributed by atoms with Crippen LogP contribution >= 0.6 is 11.8 Å². The molecular weight excluding hydrogens is 438 g/mol. The molecule has 3 N–H and O–H groups in total. The number of nitrogens with two attached hydrogens (primary N) is 1. The summed E-state index contributed by atoms with van der Waals surface area (Å²) in [4.78, 5) is 2.24. The molecule has 4 nitrogen and oxygen atoms in total. The highest BCUT2D eigenvalue weighted by Gasteiger charge is 2.42. The number of azo groups is 1. The lowest BCUT2D eigenvalue weighted by atomic mass is 9.85. The smallest absolute Gasteiger partial charge is 0.146 e. The number of anilines is 1. The second kappa shape index (κ2) is 9.46. The molecule has 34 heavy (non-hydrogen) atoms. The summed E-state index contributed by atoms with van der Waals surface area (Å²) in [5, 5.41) is 19.5. The van der Waals surface area contributed by atoms with Crippen molar-refractivity contribution in [3.05, 3.63) is 71.3 Å². The number of aromatic hydroxyl groups is 1. The molecule has 1 aliphatic rings. The quantitative estimate of drug-likeness (QED) is 0.266. The Labute approximate surface area is 207 Å². The highest BCUT2D eigenvalue weighted by atomic mass is 32.2.